The number of aliphatic hydroxyl groups is 1. The van der Waals surface area contributed by atoms with Crippen LogP contribution in [0.25, 0.3) is 0 Å². The summed E-state index contributed by atoms with van der Waals surface area (Å²) in [7, 11) is 1.54. The van der Waals surface area contributed by atoms with Gasteiger partial charge in [-0.05, 0) is 25.0 Å². The molecule has 98 valence electrons. The van der Waals surface area contributed by atoms with Crippen LogP contribution in [0.2, 0.25) is 0 Å². The Morgan fingerprint density at radius 1 is 1.56 bits per heavy atom. The van der Waals surface area contributed by atoms with Crippen molar-refractivity contribution < 1.29 is 19.1 Å². The number of nitrogens with one attached hydrogen (secondary N) is 1. The fourth-order valence-electron chi connectivity index (χ4n) is 1.85. The number of likely N-dealkylation sites (N-methyl/N-ethyl adjacent to an activating group) is 1. The Morgan fingerprint density at radius 2 is 2.28 bits per heavy atom. The van der Waals surface area contributed by atoms with Crippen molar-refractivity contribution in [1.29, 1.82) is 0 Å². The van der Waals surface area contributed by atoms with E-state index in [1.165, 1.54) is 11.2 Å². The Morgan fingerprint density at radius 3 is 2.83 bits per heavy atom. The molecule has 6 nitrogen and oxygen atoms in total. The van der Waals surface area contributed by atoms with E-state index in [4.69, 9.17) is 9.52 Å². The average molecular weight is 252 g/mol. The van der Waals surface area contributed by atoms with Crippen molar-refractivity contribution >= 4 is 11.8 Å². The van der Waals surface area contributed by atoms with Crippen LogP contribution in [0.5, 0.6) is 0 Å². The van der Waals surface area contributed by atoms with E-state index in [1.54, 1.807) is 19.2 Å². The molecule has 1 heterocycles. The van der Waals surface area contributed by atoms with E-state index in [-0.39, 0.29) is 36.3 Å². The van der Waals surface area contributed by atoms with Gasteiger partial charge >= 0.3 is 0 Å². The monoisotopic (exact) mass is 252 g/mol. The van der Waals surface area contributed by atoms with Gasteiger partial charge in [-0.25, -0.2) is 0 Å². The van der Waals surface area contributed by atoms with E-state index in [2.05, 4.69) is 5.32 Å². The summed E-state index contributed by atoms with van der Waals surface area (Å²) in [6, 6.07) is 3.20. The largest absolute Gasteiger partial charge is 0.459 e. The molecule has 0 bridgehead atoms. The SMILES string of the molecule is CN(CC(=O)NC1CC(O)C1)C(=O)c1ccco1. The first kappa shape index (κ1) is 12.6. The Bertz CT molecular complexity index is 423. The summed E-state index contributed by atoms with van der Waals surface area (Å²) in [6.45, 7) is -0.0217. The summed E-state index contributed by atoms with van der Waals surface area (Å²) in [4.78, 5) is 24.7. The highest BCUT2D eigenvalue weighted by Crippen LogP contribution is 2.19. The van der Waals surface area contributed by atoms with Crippen molar-refractivity contribution in [2.24, 2.45) is 0 Å². The van der Waals surface area contributed by atoms with Crippen molar-refractivity contribution in [3.05, 3.63) is 24.2 Å². The molecule has 0 aliphatic heterocycles. The molecule has 0 unspecified atom stereocenters. The van der Waals surface area contributed by atoms with Crippen molar-refractivity contribution in [2.75, 3.05) is 13.6 Å². The van der Waals surface area contributed by atoms with Gasteiger partial charge in [-0.3, -0.25) is 9.59 Å². The van der Waals surface area contributed by atoms with Gasteiger partial charge in [0.1, 0.15) is 0 Å². The average Bonchev–Trinajstić information content (AvgIpc) is 2.79. The van der Waals surface area contributed by atoms with Crippen LogP contribution in [0.3, 0.4) is 0 Å². The highest BCUT2D eigenvalue weighted by Gasteiger charge is 2.28. The van der Waals surface area contributed by atoms with Crippen molar-refractivity contribution in [1.82, 2.24) is 10.2 Å². The highest BCUT2D eigenvalue weighted by molar-refractivity contribution is 5.94. The molecule has 6 heteroatoms. The molecule has 0 aromatic carbocycles. The lowest BCUT2D eigenvalue weighted by molar-refractivity contribution is -0.123. The number of hydrogen-bond donors (Lipinski definition) is 2. The fourth-order valence-corrected chi connectivity index (χ4v) is 1.85. The molecule has 2 rings (SSSR count). The number of rotatable bonds is 4. The van der Waals surface area contributed by atoms with Gasteiger partial charge in [0, 0.05) is 13.1 Å². The van der Waals surface area contributed by atoms with E-state index in [1.807, 2.05) is 0 Å². The van der Waals surface area contributed by atoms with E-state index >= 15 is 0 Å². The van der Waals surface area contributed by atoms with Gasteiger partial charge in [-0.2, -0.15) is 0 Å². The first-order chi connectivity index (χ1) is 8.56. The van der Waals surface area contributed by atoms with Crippen LogP contribution in [-0.2, 0) is 4.79 Å². The van der Waals surface area contributed by atoms with E-state index in [0.717, 1.165) is 0 Å². The second-order valence-electron chi connectivity index (χ2n) is 4.53. The lowest BCUT2D eigenvalue weighted by Gasteiger charge is -2.32. The predicted octanol–water partition coefficient (Wildman–Crippen LogP) is -0.00890. The minimum absolute atomic E-state index is 0.0217. The van der Waals surface area contributed by atoms with Crippen molar-refractivity contribution in [3.63, 3.8) is 0 Å². The predicted molar refractivity (Wildman–Crippen MR) is 62.8 cm³/mol. The van der Waals surface area contributed by atoms with Gasteiger partial charge in [-0.15, -0.1) is 0 Å². The molecule has 2 N–H and O–H groups in total. The molecule has 18 heavy (non-hydrogen) atoms. The zero-order valence-electron chi connectivity index (χ0n) is 10.1. The van der Waals surface area contributed by atoms with Gasteiger partial charge in [0.25, 0.3) is 5.91 Å². The number of hydrogen-bond acceptors (Lipinski definition) is 4. The molecule has 1 saturated carbocycles. The molecule has 2 amide bonds. The third-order valence-electron chi connectivity index (χ3n) is 2.94. The van der Waals surface area contributed by atoms with Gasteiger partial charge < -0.3 is 19.7 Å². The summed E-state index contributed by atoms with van der Waals surface area (Å²) in [5.41, 5.74) is 0. The summed E-state index contributed by atoms with van der Waals surface area (Å²) < 4.78 is 4.97. The summed E-state index contributed by atoms with van der Waals surface area (Å²) in [6.07, 6.45) is 2.28. The normalized spacial score (nSPS) is 22.1. The van der Waals surface area contributed by atoms with Crippen molar-refractivity contribution in [2.45, 2.75) is 25.0 Å². The molecule has 0 atom stereocenters. The molecule has 0 spiro atoms. The topological polar surface area (TPSA) is 82.8 Å². The third kappa shape index (κ3) is 2.89. The van der Waals surface area contributed by atoms with Crippen LogP contribution in [0.15, 0.2) is 22.8 Å². The number of aliphatic hydroxyl groups excluding tert-OH is 1. The van der Waals surface area contributed by atoms with E-state index in [0.29, 0.717) is 12.8 Å². The molecule has 1 aliphatic rings. The van der Waals surface area contributed by atoms with Crippen molar-refractivity contribution in [3.8, 4) is 0 Å². The maximum atomic E-state index is 11.8. The maximum absolute atomic E-state index is 11.8. The summed E-state index contributed by atoms with van der Waals surface area (Å²) in [5, 5.41) is 11.9. The number of amides is 2. The third-order valence-corrected chi connectivity index (χ3v) is 2.94. The quantitative estimate of drug-likeness (QED) is 0.789. The molecule has 1 fully saturated rings. The zero-order chi connectivity index (χ0) is 13.1. The second-order valence-corrected chi connectivity index (χ2v) is 4.53. The number of carbonyl (C=O) groups is 2. The first-order valence-electron chi connectivity index (χ1n) is 5.82. The second kappa shape index (κ2) is 5.22. The zero-order valence-corrected chi connectivity index (χ0v) is 10.1. The molecule has 1 aromatic rings. The number of nitrogens with zero attached hydrogens (tertiary/aromatic N) is 1. The van der Waals surface area contributed by atoms with Crippen LogP contribution in [0.1, 0.15) is 23.4 Å². The standard InChI is InChI=1S/C12H16N2O4/c1-14(12(17)10-3-2-4-18-10)7-11(16)13-8-5-9(15)6-8/h2-4,8-9,15H,5-7H2,1H3,(H,13,16). The van der Waals surface area contributed by atoms with Gasteiger partial charge in [0.2, 0.25) is 5.91 Å². The van der Waals surface area contributed by atoms with Crippen LogP contribution in [0, 0.1) is 0 Å². The molecule has 1 aliphatic carbocycles. The minimum atomic E-state index is -0.330. The Kier molecular flexibility index (Phi) is 3.66. The van der Waals surface area contributed by atoms with Crippen LogP contribution in [0.4, 0.5) is 0 Å². The molecular weight excluding hydrogens is 236 g/mol. The summed E-state index contributed by atoms with van der Waals surface area (Å²) in [5.74, 6) is -0.345. The Balaban J connectivity index is 1.78. The smallest absolute Gasteiger partial charge is 0.289 e. The minimum Gasteiger partial charge on any atom is -0.459 e. The Hall–Kier alpha value is -1.82. The van der Waals surface area contributed by atoms with Gasteiger partial charge in [-0.1, -0.05) is 0 Å². The van der Waals surface area contributed by atoms with Crippen LogP contribution in [-0.4, -0.2) is 47.6 Å². The lowest BCUT2D eigenvalue weighted by Crippen LogP contribution is -2.49. The van der Waals surface area contributed by atoms with Gasteiger partial charge in [0.15, 0.2) is 5.76 Å². The number of furan rings is 1. The lowest BCUT2D eigenvalue weighted by atomic mass is 9.89. The van der Waals surface area contributed by atoms with Crippen LogP contribution >= 0.6 is 0 Å². The fraction of sp³-hybridized carbons (Fsp3) is 0.500. The Labute approximate surface area is 105 Å². The molecular formula is C12H16N2O4. The van der Waals surface area contributed by atoms with Gasteiger partial charge in [0.05, 0.1) is 18.9 Å². The molecule has 1 aromatic heterocycles. The van der Waals surface area contributed by atoms with Crippen LogP contribution < -0.4 is 5.32 Å². The van der Waals surface area contributed by atoms with E-state index < -0.39 is 0 Å². The molecule has 0 radical (unpaired) electrons. The maximum Gasteiger partial charge on any atom is 0.289 e. The molecule has 0 saturated heterocycles. The highest BCUT2D eigenvalue weighted by atomic mass is 16.3. The summed E-state index contributed by atoms with van der Waals surface area (Å²) >= 11 is 0. The number of carbonyl (C=O) groups excluding carboxylic acids is 2. The van der Waals surface area contributed by atoms with E-state index in [9.17, 15) is 9.59 Å². The first-order valence-corrected chi connectivity index (χ1v) is 5.82.